The Balaban J connectivity index is 2.22. The molecule has 10 heteroatoms. The zero-order valence-electron chi connectivity index (χ0n) is 13.4. The monoisotopic (exact) mass is 373 g/mol. The first-order chi connectivity index (χ1) is 12.2. The maximum Gasteiger partial charge on any atom is 0.573 e. The minimum absolute atomic E-state index is 0.0180. The summed E-state index contributed by atoms with van der Waals surface area (Å²) in [6, 6.07) is 6.43. The number of carboxylic acid groups (broad SMARTS) is 1. The quantitative estimate of drug-likeness (QED) is 0.774. The number of carbonyl (C=O) groups excluding carboxylic acids is 1. The largest absolute Gasteiger partial charge is 0.573 e. The lowest BCUT2D eigenvalue weighted by atomic mass is 10.1. The topological polar surface area (TPSA) is 98.0 Å². The van der Waals surface area contributed by atoms with Crippen LogP contribution in [-0.2, 0) is 9.53 Å². The van der Waals surface area contributed by atoms with Crippen molar-refractivity contribution in [3.8, 4) is 17.1 Å². The van der Waals surface area contributed by atoms with Gasteiger partial charge in [-0.1, -0.05) is 12.1 Å². The highest BCUT2D eigenvalue weighted by Gasteiger charge is 2.32. The van der Waals surface area contributed by atoms with Gasteiger partial charge in [0.25, 0.3) is 5.91 Å². The Morgan fingerprint density at radius 2 is 1.92 bits per heavy atom. The normalized spacial score (nSPS) is 12.5. The van der Waals surface area contributed by atoms with Gasteiger partial charge in [0.1, 0.15) is 11.5 Å². The van der Waals surface area contributed by atoms with Crippen molar-refractivity contribution in [1.29, 1.82) is 0 Å². The summed E-state index contributed by atoms with van der Waals surface area (Å²) in [5, 5.41) is 11.2. The lowest BCUT2D eigenvalue weighted by Crippen LogP contribution is -2.43. The van der Waals surface area contributed by atoms with E-state index >= 15 is 0 Å². The minimum Gasteiger partial charge on any atom is -0.480 e. The van der Waals surface area contributed by atoms with Crippen LogP contribution in [0.1, 0.15) is 10.6 Å². The molecule has 0 fully saturated rings. The van der Waals surface area contributed by atoms with Crippen molar-refractivity contribution in [1.82, 2.24) is 5.32 Å². The van der Waals surface area contributed by atoms with Crippen LogP contribution in [0.4, 0.5) is 13.2 Å². The van der Waals surface area contributed by atoms with Gasteiger partial charge in [0.2, 0.25) is 0 Å². The van der Waals surface area contributed by atoms with Crippen LogP contribution in [0.2, 0.25) is 0 Å². The van der Waals surface area contributed by atoms with E-state index < -0.39 is 30.0 Å². The van der Waals surface area contributed by atoms with E-state index in [9.17, 15) is 22.8 Å². The van der Waals surface area contributed by atoms with Crippen LogP contribution >= 0.6 is 0 Å². The molecule has 0 spiro atoms. The highest BCUT2D eigenvalue weighted by atomic mass is 19.4. The first-order valence-corrected chi connectivity index (χ1v) is 7.19. The molecule has 2 rings (SSSR count). The van der Waals surface area contributed by atoms with Crippen LogP contribution in [0.15, 0.2) is 40.8 Å². The number of amides is 1. The van der Waals surface area contributed by atoms with Crippen LogP contribution < -0.4 is 10.1 Å². The van der Waals surface area contributed by atoms with E-state index in [0.29, 0.717) is 0 Å². The predicted molar refractivity (Wildman–Crippen MR) is 81.6 cm³/mol. The number of aliphatic carboxylic acids is 1. The molecule has 1 heterocycles. The second-order valence-electron chi connectivity index (χ2n) is 5.03. The number of alkyl halides is 3. The maximum atomic E-state index is 12.5. The van der Waals surface area contributed by atoms with Gasteiger partial charge in [-0.3, -0.25) is 4.79 Å². The molecule has 0 aliphatic carbocycles. The molecule has 2 N–H and O–H groups in total. The Labute approximate surface area is 145 Å². The van der Waals surface area contributed by atoms with Crippen molar-refractivity contribution in [2.24, 2.45) is 0 Å². The van der Waals surface area contributed by atoms with E-state index in [0.717, 1.165) is 6.07 Å². The average molecular weight is 373 g/mol. The summed E-state index contributed by atoms with van der Waals surface area (Å²) in [4.78, 5) is 23.1. The van der Waals surface area contributed by atoms with E-state index in [1.165, 1.54) is 37.4 Å². The Morgan fingerprint density at radius 3 is 2.54 bits per heavy atom. The highest BCUT2D eigenvalue weighted by molar-refractivity contribution is 5.94. The number of carboxylic acids is 1. The van der Waals surface area contributed by atoms with Crippen LogP contribution in [0, 0.1) is 0 Å². The second kappa shape index (κ2) is 7.91. The molecule has 0 aliphatic rings. The summed E-state index contributed by atoms with van der Waals surface area (Å²) < 4.78 is 51.3. The van der Waals surface area contributed by atoms with Gasteiger partial charge < -0.3 is 24.3 Å². The Hall–Kier alpha value is -3.01. The van der Waals surface area contributed by atoms with Gasteiger partial charge in [0.05, 0.1) is 12.2 Å². The molecule has 140 valence electrons. The molecule has 0 aliphatic heterocycles. The molecule has 2 aromatic rings. The third kappa shape index (κ3) is 4.99. The molecule has 7 nitrogen and oxygen atoms in total. The number of methoxy groups -OCH3 is 1. The molecule has 0 saturated heterocycles. The Kier molecular flexibility index (Phi) is 5.88. The van der Waals surface area contributed by atoms with Gasteiger partial charge in [0, 0.05) is 7.11 Å². The summed E-state index contributed by atoms with van der Waals surface area (Å²) in [5.74, 6) is -2.98. The van der Waals surface area contributed by atoms with Gasteiger partial charge in [-0.25, -0.2) is 4.79 Å². The number of furan rings is 1. The molecule has 0 saturated carbocycles. The minimum atomic E-state index is -4.89. The van der Waals surface area contributed by atoms with Crippen LogP contribution in [0.5, 0.6) is 5.75 Å². The van der Waals surface area contributed by atoms with Gasteiger partial charge >= 0.3 is 12.3 Å². The molecular formula is C16H14F3NO6. The van der Waals surface area contributed by atoms with E-state index in [1.54, 1.807) is 0 Å². The molecule has 1 unspecified atom stereocenters. The first kappa shape index (κ1) is 19.3. The van der Waals surface area contributed by atoms with Crippen molar-refractivity contribution in [2.75, 3.05) is 13.7 Å². The number of rotatable bonds is 7. The van der Waals surface area contributed by atoms with E-state index in [1.807, 2.05) is 0 Å². The predicted octanol–water partition coefficient (Wildman–Crippen LogP) is 2.67. The average Bonchev–Trinajstić information content (AvgIpc) is 3.03. The molecule has 1 amide bonds. The number of para-hydroxylation sites is 1. The molecule has 1 atom stereocenters. The Morgan fingerprint density at radius 1 is 1.23 bits per heavy atom. The lowest BCUT2D eigenvalue weighted by Gasteiger charge is -2.12. The van der Waals surface area contributed by atoms with Crippen LogP contribution in [0.25, 0.3) is 11.3 Å². The molecule has 26 heavy (non-hydrogen) atoms. The summed E-state index contributed by atoms with van der Waals surface area (Å²) in [7, 11) is 1.27. The number of ether oxygens (including phenoxy) is 2. The van der Waals surface area contributed by atoms with Crippen molar-refractivity contribution >= 4 is 11.9 Å². The molecule has 1 aromatic heterocycles. The summed E-state index contributed by atoms with van der Waals surface area (Å²) >= 11 is 0. The van der Waals surface area contributed by atoms with Crippen molar-refractivity contribution < 1.29 is 41.8 Å². The lowest BCUT2D eigenvalue weighted by molar-refractivity contribution is -0.274. The number of nitrogens with one attached hydrogen (secondary N) is 1. The smallest absolute Gasteiger partial charge is 0.480 e. The molecule has 0 bridgehead atoms. The Bertz CT molecular complexity index is 786. The van der Waals surface area contributed by atoms with Crippen LogP contribution in [0.3, 0.4) is 0 Å². The zero-order valence-corrected chi connectivity index (χ0v) is 13.4. The van der Waals surface area contributed by atoms with Crippen molar-refractivity contribution in [3.05, 3.63) is 42.2 Å². The summed E-state index contributed by atoms with van der Waals surface area (Å²) in [6.45, 7) is -0.267. The number of halogens is 3. The third-order valence-electron chi connectivity index (χ3n) is 3.14. The summed E-state index contributed by atoms with van der Waals surface area (Å²) in [5.41, 5.74) is -0.0180. The standard InChI is InChI=1S/C16H14F3NO6/c1-24-8-10(15(22)23)20-14(21)13-7-6-11(25-13)9-4-2-3-5-12(9)26-16(17,18)19/h2-7,10H,8H2,1H3,(H,20,21)(H,22,23). The number of benzene rings is 1. The van der Waals surface area contributed by atoms with E-state index in [2.05, 4.69) is 14.8 Å². The maximum absolute atomic E-state index is 12.5. The van der Waals surface area contributed by atoms with E-state index in [-0.39, 0.29) is 23.7 Å². The fraction of sp³-hybridized carbons (Fsp3) is 0.250. The molecular weight excluding hydrogens is 359 g/mol. The number of carbonyl (C=O) groups is 2. The molecule has 0 radical (unpaired) electrons. The van der Waals surface area contributed by atoms with Gasteiger partial charge in [-0.2, -0.15) is 0 Å². The van der Waals surface area contributed by atoms with Crippen molar-refractivity contribution in [3.63, 3.8) is 0 Å². The fourth-order valence-corrected chi connectivity index (χ4v) is 2.06. The van der Waals surface area contributed by atoms with Crippen molar-refractivity contribution in [2.45, 2.75) is 12.4 Å². The second-order valence-corrected chi connectivity index (χ2v) is 5.03. The first-order valence-electron chi connectivity index (χ1n) is 7.19. The van der Waals surface area contributed by atoms with Gasteiger partial charge in [-0.15, -0.1) is 13.2 Å². The summed E-state index contributed by atoms with van der Waals surface area (Å²) in [6.07, 6.45) is -4.89. The van der Waals surface area contributed by atoms with E-state index in [4.69, 9.17) is 9.52 Å². The van der Waals surface area contributed by atoms with Gasteiger partial charge in [-0.05, 0) is 24.3 Å². The third-order valence-corrected chi connectivity index (χ3v) is 3.14. The number of hydrogen-bond donors (Lipinski definition) is 2. The SMILES string of the molecule is COCC(NC(=O)c1ccc(-c2ccccc2OC(F)(F)F)o1)C(=O)O. The number of hydrogen-bond acceptors (Lipinski definition) is 5. The molecule has 1 aromatic carbocycles. The van der Waals surface area contributed by atoms with Gasteiger partial charge in [0.15, 0.2) is 11.8 Å². The fourth-order valence-electron chi connectivity index (χ4n) is 2.06. The highest BCUT2D eigenvalue weighted by Crippen LogP contribution is 2.34. The van der Waals surface area contributed by atoms with Crippen LogP contribution in [-0.4, -0.2) is 43.1 Å². The zero-order chi connectivity index (χ0) is 19.3.